The van der Waals surface area contributed by atoms with Gasteiger partial charge in [-0.05, 0) is 61.4 Å². The Kier molecular flexibility index (Phi) is 6.00. The van der Waals surface area contributed by atoms with Gasteiger partial charge in [0.1, 0.15) is 22.1 Å². The summed E-state index contributed by atoms with van der Waals surface area (Å²) in [6.45, 7) is 0. The van der Waals surface area contributed by atoms with Gasteiger partial charge in [0.05, 0.1) is 0 Å². The summed E-state index contributed by atoms with van der Waals surface area (Å²) >= 11 is 5.91. The van der Waals surface area contributed by atoms with E-state index in [1.165, 1.54) is 43.5 Å². The number of rotatable bonds is 6. The molecule has 5 rings (SSSR count). The summed E-state index contributed by atoms with van der Waals surface area (Å²) < 4.78 is 33.5. The minimum absolute atomic E-state index is 0.0391. The third-order valence-electron chi connectivity index (χ3n) is 5.92. The summed E-state index contributed by atoms with van der Waals surface area (Å²) in [6, 6.07) is 19.2. The number of para-hydroxylation sites is 1. The lowest BCUT2D eigenvalue weighted by Gasteiger charge is -2.24. The van der Waals surface area contributed by atoms with E-state index in [0.29, 0.717) is 22.3 Å². The first kappa shape index (κ1) is 21.8. The number of pyridine rings is 1. The quantitative estimate of drug-likeness (QED) is 0.333. The van der Waals surface area contributed by atoms with E-state index in [1.807, 2.05) is 40.9 Å². The Bertz CT molecular complexity index is 1380. The highest BCUT2D eigenvalue weighted by Crippen LogP contribution is 2.37. The fourth-order valence-corrected chi connectivity index (χ4v) is 5.34. The molecule has 0 atom stereocenters. The van der Waals surface area contributed by atoms with Crippen LogP contribution in [0.3, 0.4) is 0 Å². The normalized spacial score (nSPS) is 14.9. The third-order valence-corrected chi connectivity index (χ3v) is 7.42. The smallest absolute Gasteiger partial charge is 0.339 e. The molecule has 1 aliphatic carbocycles. The molecule has 6 nitrogen and oxygen atoms in total. The molecule has 2 aromatic carbocycles. The Morgan fingerprint density at radius 1 is 0.939 bits per heavy atom. The minimum atomic E-state index is -4.04. The van der Waals surface area contributed by atoms with Crippen molar-refractivity contribution in [2.24, 2.45) is 0 Å². The van der Waals surface area contributed by atoms with Crippen LogP contribution in [0.4, 0.5) is 5.82 Å². The van der Waals surface area contributed by atoms with Crippen molar-refractivity contribution >= 4 is 33.2 Å². The van der Waals surface area contributed by atoms with Crippen LogP contribution >= 0.6 is 11.6 Å². The van der Waals surface area contributed by atoms with E-state index in [4.69, 9.17) is 20.8 Å². The number of fused-ring (bicyclic) bond motifs is 1. The zero-order valence-corrected chi connectivity index (χ0v) is 19.5. The van der Waals surface area contributed by atoms with Crippen molar-refractivity contribution in [3.63, 3.8) is 0 Å². The number of hydrogen-bond donors (Lipinski definition) is 1. The number of nitrogens with zero attached hydrogens (tertiary/aromatic N) is 2. The van der Waals surface area contributed by atoms with Crippen molar-refractivity contribution in [2.45, 2.75) is 43.0 Å². The van der Waals surface area contributed by atoms with Gasteiger partial charge in [-0.1, -0.05) is 49.1 Å². The van der Waals surface area contributed by atoms with E-state index in [1.54, 1.807) is 12.1 Å². The molecule has 0 saturated heterocycles. The Balaban J connectivity index is 1.57. The number of aromatic nitrogens is 2. The summed E-state index contributed by atoms with van der Waals surface area (Å²) in [6.07, 6.45) is 7.82. The van der Waals surface area contributed by atoms with Crippen molar-refractivity contribution in [1.29, 1.82) is 0 Å². The van der Waals surface area contributed by atoms with Crippen LogP contribution in [0.2, 0.25) is 5.02 Å². The fourth-order valence-electron chi connectivity index (χ4n) is 4.26. The second kappa shape index (κ2) is 9.08. The number of nitrogens with one attached hydrogen (secondary N) is 1. The molecule has 2 heterocycles. The molecule has 1 fully saturated rings. The van der Waals surface area contributed by atoms with Gasteiger partial charge in [0.2, 0.25) is 0 Å². The Hall–Kier alpha value is -3.03. The number of imidazole rings is 1. The van der Waals surface area contributed by atoms with Crippen LogP contribution in [0.25, 0.3) is 16.9 Å². The molecule has 0 aliphatic heterocycles. The topological polar surface area (TPSA) is 72.7 Å². The van der Waals surface area contributed by atoms with Crippen LogP contribution < -0.4 is 9.50 Å². The Morgan fingerprint density at radius 3 is 2.45 bits per heavy atom. The van der Waals surface area contributed by atoms with Crippen LogP contribution in [0.5, 0.6) is 5.75 Å². The van der Waals surface area contributed by atoms with Crippen LogP contribution in [-0.2, 0) is 10.1 Å². The van der Waals surface area contributed by atoms with Crippen LogP contribution in [-0.4, -0.2) is 23.8 Å². The molecule has 0 radical (unpaired) electrons. The van der Waals surface area contributed by atoms with Crippen LogP contribution in [0.15, 0.2) is 77.8 Å². The molecule has 1 aliphatic rings. The molecular weight excluding hydrogens is 458 g/mol. The predicted octanol–water partition coefficient (Wildman–Crippen LogP) is 6.17. The predicted molar refractivity (Wildman–Crippen MR) is 130 cm³/mol. The molecule has 170 valence electrons. The molecule has 8 heteroatoms. The zero-order valence-electron chi connectivity index (χ0n) is 17.9. The summed E-state index contributed by atoms with van der Waals surface area (Å²) in [5.74, 6) is 1.07. The van der Waals surface area contributed by atoms with Crippen molar-refractivity contribution in [3.05, 3.63) is 77.9 Å². The van der Waals surface area contributed by atoms with Crippen molar-refractivity contribution in [2.75, 3.05) is 5.32 Å². The van der Waals surface area contributed by atoms with Gasteiger partial charge in [-0.15, -0.1) is 0 Å². The number of halogens is 1. The summed E-state index contributed by atoms with van der Waals surface area (Å²) in [5, 5.41) is 4.14. The SMILES string of the molecule is O=S(=O)(Oc1ccccc1-c1nc2ccccn2c1NC1CCCCC1)c1ccc(Cl)cc1. The van der Waals surface area contributed by atoms with Gasteiger partial charge in [0.15, 0.2) is 5.75 Å². The summed E-state index contributed by atoms with van der Waals surface area (Å²) in [5.41, 5.74) is 2.05. The maximum absolute atomic E-state index is 13.0. The third kappa shape index (κ3) is 4.56. The zero-order chi connectivity index (χ0) is 22.8. The van der Waals surface area contributed by atoms with Gasteiger partial charge in [-0.25, -0.2) is 4.98 Å². The Morgan fingerprint density at radius 2 is 1.67 bits per heavy atom. The first-order valence-corrected chi connectivity index (χ1v) is 12.8. The van der Waals surface area contributed by atoms with E-state index in [0.717, 1.165) is 24.3 Å². The van der Waals surface area contributed by atoms with E-state index < -0.39 is 10.1 Å². The Labute approximate surface area is 198 Å². The second-order valence-corrected chi connectivity index (χ2v) is 10.2. The van der Waals surface area contributed by atoms with E-state index >= 15 is 0 Å². The summed E-state index contributed by atoms with van der Waals surface area (Å²) in [7, 11) is -4.04. The number of hydrogen-bond acceptors (Lipinski definition) is 5. The molecule has 1 N–H and O–H groups in total. The fraction of sp³-hybridized carbons (Fsp3) is 0.240. The highest BCUT2D eigenvalue weighted by atomic mass is 35.5. The molecule has 0 spiro atoms. The molecule has 2 aromatic heterocycles. The maximum atomic E-state index is 13.0. The van der Waals surface area contributed by atoms with E-state index in [9.17, 15) is 8.42 Å². The number of benzene rings is 2. The lowest BCUT2D eigenvalue weighted by Crippen LogP contribution is -2.23. The lowest BCUT2D eigenvalue weighted by molar-refractivity contribution is 0.461. The molecule has 1 saturated carbocycles. The highest BCUT2D eigenvalue weighted by molar-refractivity contribution is 7.87. The molecule has 33 heavy (non-hydrogen) atoms. The lowest BCUT2D eigenvalue weighted by atomic mass is 9.95. The molecule has 0 unspecified atom stereocenters. The van der Waals surface area contributed by atoms with Gasteiger partial charge in [-0.2, -0.15) is 8.42 Å². The van der Waals surface area contributed by atoms with Gasteiger partial charge in [0.25, 0.3) is 0 Å². The van der Waals surface area contributed by atoms with Crippen LogP contribution in [0.1, 0.15) is 32.1 Å². The average molecular weight is 482 g/mol. The van der Waals surface area contributed by atoms with Gasteiger partial charge >= 0.3 is 10.1 Å². The largest absolute Gasteiger partial charge is 0.378 e. The monoisotopic (exact) mass is 481 g/mol. The maximum Gasteiger partial charge on any atom is 0.339 e. The second-order valence-electron chi connectivity index (χ2n) is 8.20. The first-order valence-electron chi connectivity index (χ1n) is 11.0. The van der Waals surface area contributed by atoms with E-state index in [2.05, 4.69) is 5.32 Å². The van der Waals surface area contributed by atoms with Gasteiger partial charge in [-0.3, -0.25) is 4.40 Å². The van der Waals surface area contributed by atoms with Crippen molar-refractivity contribution in [1.82, 2.24) is 9.38 Å². The van der Waals surface area contributed by atoms with Gasteiger partial charge < -0.3 is 9.50 Å². The standard InChI is InChI=1S/C25H24ClN3O3S/c26-18-13-15-20(16-14-18)33(30,31)32-22-11-5-4-10-21(22)24-25(27-19-8-2-1-3-9-19)29-17-7-6-12-23(29)28-24/h4-7,10-17,19,27H,1-3,8-9H2. The summed E-state index contributed by atoms with van der Waals surface area (Å²) in [4.78, 5) is 4.87. The molecule has 0 amide bonds. The van der Waals surface area contributed by atoms with Crippen molar-refractivity contribution in [3.8, 4) is 17.0 Å². The minimum Gasteiger partial charge on any atom is -0.378 e. The van der Waals surface area contributed by atoms with Crippen LogP contribution in [0, 0.1) is 0 Å². The molecular formula is C25H24ClN3O3S. The number of anilines is 1. The van der Waals surface area contributed by atoms with Gasteiger partial charge in [0, 0.05) is 22.8 Å². The van der Waals surface area contributed by atoms with E-state index in [-0.39, 0.29) is 10.6 Å². The highest BCUT2D eigenvalue weighted by Gasteiger charge is 2.24. The molecule has 4 aromatic rings. The first-order chi connectivity index (χ1) is 16.0. The average Bonchev–Trinajstić information content (AvgIpc) is 3.18. The molecule has 0 bridgehead atoms. The van der Waals surface area contributed by atoms with Crippen molar-refractivity contribution < 1.29 is 12.6 Å².